The number of anilines is 1. The van der Waals surface area contributed by atoms with Crippen LogP contribution in [0.2, 0.25) is 15.5 Å². The second-order valence-electron chi connectivity index (χ2n) is 6.83. The van der Waals surface area contributed by atoms with Crippen LogP contribution in [0.1, 0.15) is 49.2 Å². The van der Waals surface area contributed by atoms with Gasteiger partial charge in [0.15, 0.2) is 0 Å². The van der Waals surface area contributed by atoms with Crippen LogP contribution in [-0.2, 0) is 0 Å². The molecule has 3 heterocycles. The molecule has 2 aromatic rings. The molecule has 5 rings (SSSR count). The maximum atomic E-state index is 12.7. The second kappa shape index (κ2) is 7.41. The van der Waals surface area contributed by atoms with Gasteiger partial charge < -0.3 is 4.90 Å². The summed E-state index contributed by atoms with van der Waals surface area (Å²) >= 11 is 17.3. The molecule has 0 radical (unpaired) electrons. The quantitative estimate of drug-likeness (QED) is 0.671. The molecule has 0 unspecified atom stereocenters. The Labute approximate surface area is 165 Å². The molecule has 2 aliphatic carbocycles. The fraction of sp³-hybridized carbons (Fsp3) is 0.529. The number of hydrogen-bond donors (Lipinski definition) is 0. The van der Waals surface area contributed by atoms with E-state index >= 15 is 0 Å². The normalized spacial score (nSPS) is 19.6. The van der Waals surface area contributed by atoms with Crippen LogP contribution >= 0.6 is 34.8 Å². The van der Waals surface area contributed by atoms with Crippen molar-refractivity contribution in [3.63, 3.8) is 0 Å². The van der Waals surface area contributed by atoms with Crippen LogP contribution < -0.4 is 4.90 Å². The molecule has 0 amide bonds. The summed E-state index contributed by atoms with van der Waals surface area (Å²) in [6, 6.07) is 3.26. The summed E-state index contributed by atoms with van der Waals surface area (Å²) in [5.41, 5.74) is 0. The first kappa shape index (κ1) is 18.1. The zero-order chi connectivity index (χ0) is 18.3. The minimum atomic E-state index is -0.719. The van der Waals surface area contributed by atoms with Gasteiger partial charge >= 0.3 is 0 Å². The van der Waals surface area contributed by atoms with Crippen LogP contribution in [0.5, 0.6) is 0 Å². The number of nitrogens with zero attached hydrogens (tertiary/aromatic N) is 5. The van der Waals surface area contributed by atoms with Gasteiger partial charge in [-0.1, -0.05) is 34.8 Å². The largest absolute Gasteiger partial charge is 0.350 e. The van der Waals surface area contributed by atoms with Crippen molar-refractivity contribution in [1.29, 1.82) is 0 Å². The molecule has 0 N–H and O–H groups in total. The Bertz CT molecular complexity index is 787. The first-order valence-electron chi connectivity index (χ1n) is 8.61. The molecule has 1 saturated heterocycles. The van der Waals surface area contributed by atoms with Crippen molar-refractivity contribution in [3.05, 3.63) is 39.2 Å². The maximum Gasteiger partial charge on any atom is 0.135 e. The van der Waals surface area contributed by atoms with Gasteiger partial charge in [0.25, 0.3) is 0 Å². The molecule has 0 aromatic carbocycles. The number of alkyl halides is 1. The monoisotopic (exact) mass is 415 g/mol. The summed E-state index contributed by atoms with van der Waals surface area (Å²) in [5.74, 6) is 3.37. The van der Waals surface area contributed by atoms with Gasteiger partial charge in [0.05, 0.1) is 13.1 Å². The molecule has 0 atom stereocenters. The van der Waals surface area contributed by atoms with E-state index in [9.17, 15) is 4.39 Å². The van der Waals surface area contributed by atoms with E-state index in [0.29, 0.717) is 40.4 Å². The Hall–Kier alpha value is -1.24. The number of hydrogen-bond acceptors (Lipinski definition) is 5. The Morgan fingerprint density at radius 2 is 1.23 bits per heavy atom. The average Bonchev–Trinajstić information content (AvgIpc) is 3.44. The summed E-state index contributed by atoms with van der Waals surface area (Å²) in [5, 5.41) is 1.34. The van der Waals surface area contributed by atoms with Gasteiger partial charge in [-0.25, -0.2) is 24.3 Å². The van der Waals surface area contributed by atoms with Crippen molar-refractivity contribution in [1.82, 2.24) is 19.9 Å². The van der Waals surface area contributed by atoms with Gasteiger partial charge in [0.2, 0.25) is 0 Å². The highest BCUT2D eigenvalue weighted by Gasteiger charge is 2.31. The lowest BCUT2D eigenvalue weighted by molar-refractivity contribution is 0.273. The van der Waals surface area contributed by atoms with Crippen molar-refractivity contribution in [3.8, 4) is 0 Å². The van der Waals surface area contributed by atoms with Crippen LogP contribution in [0.15, 0.2) is 12.1 Å². The van der Waals surface area contributed by atoms with Crippen molar-refractivity contribution in [2.24, 2.45) is 0 Å². The highest BCUT2D eigenvalue weighted by Crippen LogP contribution is 2.39. The molecule has 0 bridgehead atoms. The van der Waals surface area contributed by atoms with Crippen LogP contribution in [0.3, 0.4) is 0 Å². The highest BCUT2D eigenvalue weighted by molar-refractivity contribution is 6.33. The van der Waals surface area contributed by atoms with Gasteiger partial charge in [-0.3, -0.25) is 0 Å². The molecule has 1 aliphatic heterocycles. The standard InChI is InChI=1S/C10H11ClFN3.C7H6Cl2N2/c11-8-3-9(15-4-7(12)5-15)14-10(13-8)6-1-2-6;8-5-3-6(9)11-7(10-5)4-1-2-4/h3,6-7H,1-2,4-5H2;3-4H,1-2H2. The van der Waals surface area contributed by atoms with Gasteiger partial charge in [0.1, 0.15) is 39.1 Å². The van der Waals surface area contributed by atoms with E-state index < -0.39 is 6.17 Å². The second-order valence-corrected chi connectivity index (χ2v) is 7.99. The molecule has 26 heavy (non-hydrogen) atoms. The van der Waals surface area contributed by atoms with Crippen LogP contribution in [-0.4, -0.2) is 39.2 Å². The highest BCUT2D eigenvalue weighted by atomic mass is 35.5. The summed E-state index contributed by atoms with van der Waals surface area (Å²) in [7, 11) is 0. The lowest BCUT2D eigenvalue weighted by Gasteiger charge is -2.35. The Balaban J connectivity index is 0.000000136. The zero-order valence-corrected chi connectivity index (χ0v) is 16.1. The first-order valence-corrected chi connectivity index (χ1v) is 9.75. The molecule has 3 aliphatic rings. The molecule has 138 valence electrons. The van der Waals surface area contributed by atoms with E-state index in [0.717, 1.165) is 43.1 Å². The molecule has 0 spiro atoms. The molecule has 2 aromatic heterocycles. The lowest BCUT2D eigenvalue weighted by atomic mass is 10.2. The topological polar surface area (TPSA) is 54.8 Å². The van der Waals surface area contributed by atoms with E-state index in [1.165, 1.54) is 0 Å². The van der Waals surface area contributed by atoms with E-state index in [1.54, 1.807) is 12.1 Å². The van der Waals surface area contributed by atoms with Crippen molar-refractivity contribution in [2.75, 3.05) is 18.0 Å². The molecule has 5 nitrogen and oxygen atoms in total. The third-order valence-electron chi connectivity index (χ3n) is 4.43. The van der Waals surface area contributed by atoms with Crippen LogP contribution in [0.4, 0.5) is 10.2 Å². The molecule has 3 fully saturated rings. The summed E-state index contributed by atoms with van der Waals surface area (Å²) < 4.78 is 12.7. The average molecular weight is 417 g/mol. The number of halogens is 4. The van der Waals surface area contributed by atoms with Crippen LogP contribution in [0, 0.1) is 0 Å². The Morgan fingerprint density at radius 3 is 1.69 bits per heavy atom. The smallest absolute Gasteiger partial charge is 0.135 e. The SMILES string of the molecule is Clc1cc(Cl)nc(C2CC2)n1.FC1CN(c2cc(Cl)nc(C3CC3)n2)C1. The Kier molecular flexibility index (Phi) is 5.17. The third kappa shape index (κ3) is 4.53. The predicted molar refractivity (Wildman–Crippen MR) is 100 cm³/mol. The zero-order valence-electron chi connectivity index (χ0n) is 13.9. The van der Waals surface area contributed by atoms with Crippen molar-refractivity contribution in [2.45, 2.75) is 43.7 Å². The third-order valence-corrected chi connectivity index (χ3v) is 5.01. The molecular weight excluding hydrogens is 400 g/mol. The van der Waals surface area contributed by atoms with Crippen LogP contribution in [0.25, 0.3) is 0 Å². The summed E-state index contributed by atoms with van der Waals surface area (Å²) in [4.78, 5) is 18.6. The van der Waals surface area contributed by atoms with Crippen molar-refractivity contribution < 1.29 is 4.39 Å². The van der Waals surface area contributed by atoms with E-state index in [-0.39, 0.29) is 0 Å². The van der Waals surface area contributed by atoms with Gasteiger partial charge in [0, 0.05) is 24.0 Å². The fourth-order valence-electron chi connectivity index (χ4n) is 2.65. The van der Waals surface area contributed by atoms with Crippen molar-refractivity contribution >= 4 is 40.6 Å². The molecular formula is C17H17Cl3FN5. The lowest BCUT2D eigenvalue weighted by Crippen LogP contribution is -2.48. The van der Waals surface area contributed by atoms with E-state index in [1.807, 2.05) is 4.90 Å². The Morgan fingerprint density at radius 1 is 0.769 bits per heavy atom. The summed E-state index contributed by atoms with van der Waals surface area (Å²) in [6.45, 7) is 0.856. The van der Waals surface area contributed by atoms with Gasteiger partial charge in [-0.05, 0) is 25.7 Å². The minimum Gasteiger partial charge on any atom is -0.350 e. The number of aromatic nitrogens is 4. The molecule has 9 heteroatoms. The molecule has 2 saturated carbocycles. The first-order chi connectivity index (χ1) is 12.5. The number of rotatable bonds is 3. The van der Waals surface area contributed by atoms with E-state index in [4.69, 9.17) is 34.8 Å². The van der Waals surface area contributed by atoms with Gasteiger partial charge in [-0.2, -0.15) is 0 Å². The predicted octanol–water partition coefficient (Wildman–Crippen LogP) is 4.83. The maximum absolute atomic E-state index is 12.7. The fourth-order valence-corrected chi connectivity index (χ4v) is 3.27. The summed E-state index contributed by atoms with van der Waals surface area (Å²) in [6.07, 6.45) is 3.90. The minimum absolute atomic E-state index is 0.428. The van der Waals surface area contributed by atoms with E-state index in [2.05, 4.69) is 19.9 Å². The van der Waals surface area contributed by atoms with Gasteiger partial charge in [-0.15, -0.1) is 0 Å².